The molecule has 35 heavy (non-hydrogen) atoms. The van der Waals surface area contributed by atoms with Crippen molar-refractivity contribution in [3.63, 3.8) is 0 Å². The Morgan fingerprint density at radius 1 is 1.06 bits per heavy atom. The monoisotopic (exact) mass is 462 g/mol. The van der Waals surface area contributed by atoms with Crippen LogP contribution in [0.15, 0.2) is 96.4 Å². The van der Waals surface area contributed by atoms with Crippen molar-refractivity contribution in [3.05, 3.63) is 120 Å². The van der Waals surface area contributed by atoms with E-state index in [0.717, 1.165) is 11.1 Å². The van der Waals surface area contributed by atoms with Crippen molar-refractivity contribution in [1.29, 1.82) is 0 Å². The van der Waals surface area contributed by atoms with Crippen LogP contribution in [-0.2, 0) is 6.61 Å². The number of nitrogens with one attached hydrogen (secondary N) is 1. The summed E-state index contributed by atoms with van der Waals surface area (Å²) in [6.07, 6.45) is 3.83. The van der Waals surface area contributed by atoms with Gasteiger partial charge in [-0.2, -0.15) is 5.10 Å². The first-order valence-corrected chi connectivity index (χ1v) is 11.1. The lowest BCUT2D eigenvalue weighted by Gasteiger charge is -2.23. The summed E-state index contributed by atoms with van der Waals surface area (Å²) in [4.78, 5) is 17.6. The molecule has 0 spiro atoms. The third-order valence-corrected chi connectivity index (χ3v) is 5.66. The SMILES string of the molecule is O=C(Nc1cc#ccc1OCc1ccccc1)N1N=C(c2cccnc2)CC1c1ccccc1O. The van der Waals surface area contributed by atoms with Crippen LogP contribution in [0.5, 0.6) is 11.5 Å². The van der Waals surface area contributed by atoms with Gasteiger partial charge in [-0.05, 0) is 17.7 Å². The summed E-state index contributed by atoms with van der Waals surface area (Å²) in [5, 5.41) is 19.3. The molecule has 1 aliphatic rings. The van der Waals surface area contributed by atoms with Gasteiger partial charge in [0.15, 0.2) is 5.75 Å². The maximum absolute atomic E-state index is 13.4. The Hall–Kier alpha value is -4.83. The van der Waals surface area contributed by atoms with Crippen LogP contribution in [0.4, 0.5) is 10.5 Å². The summed E-state index contributed by atoms with van der Waals surface area (Å²) < 4.78 is 5.94. The van der Waals surface area contributed by atoms with Crippen LogP contribution in [0.25, 0.3) is 0 Å². The number of hydrazone groups is 1. The van der Waals surface area contributed by atoms with Gasteiger partial charge in [0.25, 0.3) is 0 Å². The van der Waals surface area contributed by atoms with Crippen molar-refractivity contribution in [2.75, 3.05) is 5.32 Å². The van der Waals surface area contributed by atoms with Crippen LogP contribution in [0.2, 0.25) is 0 Å². The van der Waals surface area contributed by atoms with Gasteiger partial charge in [0.05, 0.1) is 17.4 Å². The second-order valence-electron chi connectivity index (χ2n) is 7.97. The minimum atomic E-state index is -0.487. The van der Waals surface area contributed by atoms with E-state index in [-0.39, 0.29) is 5.75 Å². The normalized spacial score (nSPS) is 14.7. The number of rotatable bonds is 6. The number of carbonyl (C=O) groups excluding carboxylic acids is 1. The number of para-hydroxylation sites is 1. The lowest BCUT2D eigenvalue weighted by molar-refractivity contribution is 0.199. The minimum absolute atomic E-state index is 0.104. The number of nitrogens with zero attached hydrogens (tertiary/aromatic N) is 3. The summed E-state index contributed by atoms with van der Waals surface area (Å²) in [7, 11) is 0. The molecule has 0 aliphatic carbocycles. The fraction of sp³-hybridized carbons (Fsp3) is 0.107. The maximum atomic E-state index is 13.4. The third-order valence-electron chi connectivity index (χ3n) is 5.66. The molecule has 2 amide bonds. The molecule has 1 unspecified atom stereocenters. The van der Waals surface area contributed by atoms with Gasteiger partial charge in [-0.15, -0.1) is 0 Å². The molecule has 4 aromatic rings. The van der Waals surface area contributed by atoms with Gasteiger partial charge in [0.1, 0.15) is 12.4 Å². The molecule has 5 rings (SSSR count). The van der Waals surface area contributed by atoms with E-state index in [9.17, 15) is 9.90 Å². The number of ether oxygens (including phenoxy) is 1. The number of amides is 2. The molecule has 0 saturated carbocycles. The van der Waals surface area contributed by atoms with E-state index in [4.69, 9.17) is 4.74 Å². The second-order valence-corrected chi connectivity index (χ2v) is 7.97. The van der Waals surface area contributed by atoms with E-state index in [1.54, 1.807) is 42.7 Å². The molecule has 1 atom stereocenters. The number of hydrogen-bond acceptors (Lipinski definition) is 5. The number of carbonyl (C=O) groups is 1. The first-order valence-electron chi connectivity index (χ1n) is 11.1. The highest BCUT2D eigenvalue weighted by atomic mass is 16.5. The summed E-state index contributed by atoms with van der Waals surface area (Å²) in [6, 6.07) is 28.5. The molecule has 0 bridgehead atoms. The Morgan fingerprint density at radius 2 is 1.86 bits per heavy atom. The molecule has 1 aliphatic heterocycles. The zero-order chi connectivity index (χ0) is 24.0. The summed E-state index contributed by atoms with van der Waals surface area (Å²) in [5.74, 6) is 0.572. The Labute approximate surface area is 203 Å². The first kappa shape index (κ1) is 22.0. The van der Waals surface area contributed by atoms with Crippen LogP contribution in [0.3, 0.4) is 0 Å². The molecule has 2 N–H and O–H groups in total. The first-order chi connectivity index (χ1) is 17.2. The molecule has 3 aromatic carbocycles. The standard InChI is InChI=1S/C28H22N4O3/c33-26-14-6-4-12-22(26)25-17-24(21-11-8-16-29-18-21)31-32(25)28(34)30-23-13-5-7-15-27(23)35-19-20-9-2-1-3-10-20/h1-4,6,8-16,18,25,33H,17,19H2,(H,30,34). The van der Waals surface area contributed by atoms with Crippen molar-refractivity contribution in [2.24, 2.45) is 5.10 Å². The minimum Gasteiger partial charge on any atom is -0.508 e. The summed E-state index contributed by atoms with van der Waals surface area (Å²) in [6.45, 7) is 0.342. The number of pyridine rings is 1. The zero-order valence-corrected chi connectivity index (χ0v) is 18.8. The molecule has 2 heterocycles. The van der Waals surface area contributed by atoms with Crippen LogP contribution >= 0.6 is 0 Å². The van der Waals surface area contributed by atoms with E-state index in [1.165, 1.54) is 5.01 Å². The van der Waals surface area contributed by atoms with Gasteiger partial charge < -0.3 is 15.2 Å². The number of anilines is 1. The quantitative estimate of drug-likeness (QED) is 0.404. The summed E-state index contributed by atoms with van der Waals surface area (Å²) >= 11 is 0. The number of hydrogen-bond donors (Lipinski definition) is 2. The Balaban J connectivity index is 1.40. The van der Waals surface area contributed by atoms with E-state index in [2.05, 4.69) is 27.5 Å². The van der Waals surface area contributed by atoms with Gasteiger partial charge in [-0.1, -0.05) is 66.7 Å². The number of phenolic OH excluding ortho intramolecular Hbond substituents is 1. The van der Waals surface area contributed by atoms with E-state index >= 15 is 0 Å². The fourth-order valence-electron chi connectivity index (χ4n) is 3.91. The van der Waals surface area contributed by atoms with Gasteiger partial charge in [-0.3, -0.25) is 4.98 Å². The molecule has 7 heteroatoms. The van der Waals surface area contributed by atoms with Crippen molar-refractivity contribution >= 4 is 17.4 Å². The van der Waals surface area contributed by atoms with Gasteiger partial charge >= 0.3 is 6.03 Å². The smallest absolute Gasteiger partial charge is 0.342 e. The number of benzene rings is 2. The van der Waals surface area contributed by atoms with E-state index < -0.39 is 12.1 Å². The van der Waals surface area contributed by atoms with Gasteiger partial charge in [0, 0.05) is 42.1 Å². The topological polar surface area (TPSA) is 87.0 Å². The molecule has 7 nitrogen and oxygen atoms in total. The Bertz CT molecular complexity index is 1340. The number of aromatic nitrogens is 1. The average Bonchev–Trinajstić information content (AvgIpc) is 3.35. The average molecular weight is 463 g/mol. The van der Waals surface area contributed by atoms with Crippen molar-refractivity contribution in [1.82, 2.24) is 9.99 Å². The van der Waals surface area contributed by atoms with Crippen molar-refractivity contribution < 1.29 is 14.6 Å². The fourth-order valence-corrected chi connectivity index (χ4v) is 3.91. The molecular weight excluding hydrogens is 440 g/mol. The predicted molar refractivity (Wildman–Crippen MR) is 132 cm³/mol. The second kappa shape index (κ2) is 9.98. The van der Waals surface area contributed by atoms with Crippen LogP contribution in [-0.4, -0.2) is 26.8 Å². The van der Waals surface area contributed by atoms with Gasteiger partial charge in [0.2, 0.25) is 0 Å². The Morgan fingerprint density at radius 3 is 2.66 bits per heavy atom. The number of phenols is 1. The van der Waals surface area contributed by atoms with Crippen LogP contribution < -0.4 is 10.1 Å². The highest BCUT2D eigenvalue weighted by Crippen LogP contribution is 2.37. The van der Waals surface area contributed by atoms with Gasteiger partial charge in [-0.25, -0.2) is 9.80 Å². The zero-order valence-electron chi connectivity index (χ0n) is 18.8. The molecule has 172 valence electrons. The Kier molecular flexibility index (Phi) is 6.27. The number of aromatic hydroxyl groups is 1. The number of urea groups is 1. The van der Waals surface area contributed by atoms with Crippen molar-refractivity contribution in [3.8, 4) is 11.5 Å². The largest absolute Gasteiger partial charge is 0.508 e. The molecule has 0 radical (unpaired) electrons. The third kappa shape index (κ3) is 4.92. The lowest BCUT2D eigenvalue weighted by Crippen LogP contribution is -2.31. The predicted octanol–water partition coefficient (Wildman–Crippen LogP) is 5.35. The van der Waals surface area contributed by atoms with Crippen LogP contribution in [0, 0.1) is 12.1 Å². The lowest BCUT2D eigenvalue weighted by atomic mass is 9.98. The molecule has 0 saturated heterocycles. The highest BCUT2D eigenvalue weighted by Gasteiger charge is 2.35. The van der Waals surface area contributed by atoms with E-state index in [0.29, 0.717) is 35.7 Å². The molecular formula is C28H22N4O3. The van der Waals surface area contributed by atoms with Crippen molar-refractivity contribution in [2.45, 2.75) is 19.1 Å². The van der Waals surface area contributed by atoms with E-state index in [1.807, 2.05) is 48.5 Å². The summed E-state index contributed by atoms with van der Waals surface area (Å²) in [5.41, 5.74) is 3.58. The molecule has 1 aromatic heterocycles. The van der Waals surface area contributed by atoms with Crippen LogP contribution in [0.1, 0.15) is 29.2 Å². The maximum Gasteiger partial charge on any atom is 0.342 e. The molecule has 0 fully saturated rings. The highest BCUT2D eigenvalue weighted by molar-refractivity contribution is 6.04.